The van der Waals surface area contributed by atoms with Gasteiger partial charge in [-0.25, -0.2) is 4.39 Å². The maximum atomic E-state index is 10.8. The van der Waals surface area contributed by atoms with E-state index in [1.54, 1.807) is 0 Å². The van der Waals surface area contributed by atoms with Crippen molar-refractivity contribution in [2.45, 2.75) is 7.43 Å². The Labute approximate surface area is 41.5 Å². The fraction of sp³-hybridized carbons (Fsp3) is 0.500. The third kappa shape index (κ3) is 10.8. The summed E-state index contributed by atoms with van der Waals surface area (Å²) in [6, 6.07) is 0. The lowest BCUT2D eigenvalue weighted by molar-refractivity contribution is -0.118. The van der Waals surface area contributed by atoms with E-state index in [4.69, 9.17) is 0 Å². The molecule has 0 aromatic rings. The largest absolute Gasteiger partial charge is 0.216 e. The van der Waals surface area contributed by atoms with Gasteiger partial charge in [-0.3, -0.25) is 0 Å². The van der Waals surface area contributed by atoms with Crippen LogP contribution in [-0.2, 0) is 4.94 Å². The van der Waals surface area contributed by atoms with E-state index in [0.29, 0.717) is 0 Å². The topological polar surface area (TPSA) is 9.23 Å². The van der Waals surface area contributed by atoms with E-state index in [-0.39, 0.29) is 20.4 Å². The zero-order valence-electron chi connectivity index (χ0n) is 3.03. The second-order valence-electron chi connectivity index (χ2n) is 0.637. The van der Waals surface area contributed by atoms with Crippen LogP contribution in [0.3, 0.4) is 0 Å². The smallest absolute Gasteiger partial charge is 0.108 e. The molecular weight excluding hydrogens is 102 g/mol. The van der Waals surface area contributed by atoms with Gasteiger partial charge in [0.1, 0.15) is 6.61 Å². The summed E-state index contributed by atoms with van der Waals surface area (Å²) in [6.45, 7) is -0.309. The Morgan fingerprint density at radius 1 is 1.57 bits per heavy atom. The van der Waals surface area contributed by atoms with Crippen molar-refractivity contribution in [2.75, 3.05) is 6.61 Å². The molecule has 0 unspecified atom stereocenters. The second-order valence-corrected chi connectivity index (χ2v) is 0.637. The van der Waals surface area contributed by atoms with Gasteiger partial charge in [0.15, 0.2) is 0 Å². The summed E-state index contributed by atoms with van der Waals surface area (Å²) in [5.74, 6) is 0. The highest BCUT2D eigenvalue weighted by atomic mass is 19.3. The molecule has 3 heteroatoms. The highest BCUT2D eigenvalue weighted by Crippen LogP contribution is 1.75. The number of hydrogen-bond acceptors (Lipinski definition) is 1. The zero-order valence-corrected chi connectivity index (χ0v) is 3.03. The summed E-state index contributed by atoms with van der Waals surface area (Å²) in [5, 5.41) is 0. The van der Waals surface area contributed by atoms with Crippen LogP contribution in [0.25, 0.3) is 0 Å². The molecule has 0 spiro atoms. The van der Waals surface area contributed by atoms with Gasteiger partial charge in [0.2, 0.25) is 0 Å². The van der Waals surface area contributed by atoms with E-state index in [0.717, 1.165) is 6.08 Å². The highest BCUT2D eigenvalue weighted by Gasteiger charge is 1.69. The average molecular weight is 110 g/mol. The van der Waals surface area contributed by atoms with Crippen molar-refractivity contribution >= 4 is 0 Å². The first-order valence-electron chi connectivity index (χ1n) is 1.40. The second kappa shape index (κ2) is 9.12. The van der Waals surface area contributed by atoms with E-state index < -0.39 is 0 Å². The highest BCUT2D eigenvalue weighted by molar-refractivity contribution is 4.69. The van der Waals surface area contributed by atoms with Crippen LogP contribution in [0.2, 0.25) is 0 Å². The monoisotopic (exact) mass is 110 g/mol. The fourth-order valence-electron chi connectivity index (χ4n) is 0.0727. The third-order valence-electron chi connectivity index (χ3n) is 0.248. The van der Waals surface area contributed by atoms with Crippen molar-refractivity contribution in [3.8, 4) is 0 Å². The summed E-state index contributed by atoms with van der Waals surface area (Å²) in [5.41, 5.74) is 0. The van der Waals surface area contributed by atoms with Crippen LogP contribution in [0, 0.1) is 0 Å². The molecule has 0 bridgehead atoms. The Kier molecular flexibility index (Phi) is 12.7. The first-order chi connectivity index (χ1) is 2.91. The Hall–Kier alpha value is -0.440. The summed E-state index contributed by atoms with van der Waals surface area (Å²) in [6.07, 6.45) is 1.14. The standard InChI is InChI=1S/C3H4F2O.CH4/c4-2-1-3-6-5;/h1-2H,3H2;1H4. The lowest BCUT2D eigenvalue weighted by Crippen LogP contribution is -1.71. The summed E-state index contributed by atoms with van der Waals surface area (Å²) < 4.78 is 21.2. The molecular formula is C4H8F2O. The molecule has 0 aliphatic carbocycles. The molecule has 0 aliphatic rings. The quantitative estimate of drug-likeness (QED) is 0.528. The minimum absolute atomic E-state index is 0. The van der Waals surface area contributed by atoms with Crippen LogP contribution in [-0.4, -0.2) is 6.61 Å². The van der Waals surface area contributed by atoms with E-state index in [1.165, 1.54) is 0 Å². The maximum Gasteiger partial charge on any atom is 0.108 e. The molecule has 0 radical (unpaired) electrons. The zero-order chi connectivity index (χ0) is 4.83. The molecule has 0 saturated carbocycles. The van der Waals surface area contributed by atoms with Crippen molar-refractivity contribution in [1.29, 1.82) is 0 Å². The van der Waals surface area contributed by atoms with Gasteiger partial charge < -0.3 is 0 Å². The Balaban J connectivity index is 0. The molecule has 7 heavy (non-hydrogen) atoms. The Bertz CT molecular complexity index is 45.0. The van der Waals surface area contributed by atoms with Gasteiger partial charge in [0, 0.05) is 0 Å². The van der Waals surface area contributed by atoms with E-state index in [9.17, 15) is 8.92 Å². The molecule has 0 aromatic carbocycles. The van der Waals surface area contributed by atoms with Crippen molar-refractivity contribution in [1.82, 2.24) is 0 Å². The van der Waals surface area contributed by atoms with Gasteiger partial charge in [-0.05, 0) is 10.6 Å². The van der Waals surface area contributed by atoms with Gasteiger partial charge >= 0.3 is 0 Å². The molecule has 0 heterocycles. The molecule has 0 atom stereocenters. The molecule has 0 saturated heterocycles. The van der Waals surface area contributed by atoms with Crippen LogP contribution >= 0.6 is 0 Å². The Morgan fingerprint density at radius 3 is 2.29 bits per heavy atom. The van der Waals surface area contributed by atoms with Crippen LogP contribution in [0.5, 0.6) is 0 Å². The summed E-state index contributed by atoms with van der Waals surface area (Å²) in [4.78, 5) is 2.96. The van der Waals surface area contributed by atoms with Gasteiger partial charge in [-0.1, -0.05) is 7.43 Å². The molecule has 44 valence electrons. The number of halogens is 2. The minimum Gasteiger partial charge on any atom is -0.216 e. The molecule has 0 aromatic heterocycles. The van der Waals surface area contributed by atoms with E-state index >= 15 is 0 Å². The normalized spacial score (nSPS) is 8.86. The van der Waals surface area contributed by atoms with Crippen LogP contribution in [0.4, 0.5) is 8.92 Å². The molecule has 0 amide bonds. The van der Waals surface area contributed by atoms with Crippen molar-refractivity contribution in [3.63, 3.8) is 0 Å². The molecule has 0 fully saturated rings. The maximum absolute atomic E-state index is 10.8. The third-order valence-corrected chi connectivity index (χ3v) is 0.248. The van der Waals surface area contributed by atoms with Crippen LogP contribution in [0.1, 0.15) is 7.43 Å². The number of hydrogen-bond donors (Lipinski definition) is 0. The van der Waals surface area contributed by atoms with Crippen molar-refractivity contribution in [2.24, 2.45) is 0 Å². The first kappa shape index (κ1) is 9.75. The lowest BCUT2D eigenvalue weighted by Gasteiger charge is -1.73. The Morgan fingerprint density at radius 2 is 2.14 bits per heavy atom. The van der Waals surface area contributed by atoms with Crippen molar-refractivity contribution < 1.29 is 13.9 Å². The predicted molar refractivity (Wildman–Crippen MR) is 24.0 cm³/mol. The SMILES string of the molecule is C.FC=CCOF. The van der Waals surface area contributed by atoms with E-state index in [2.05, 4.69) is 4.94 Å². The fourth-order valence-corrected chi connectivity index (χ4v) is 0.0727. The van der Waals surface area contributed by atoms with Crippen LogP contribution in [0.15, 0.2) is 12.4 Å². The van der Waals surface area contributed by atoms with Gasteiger partial charge in [-0.2, -0.15) is 4.94 Å². The lowest BCUT2D eigenvalue weighted by atomic mass is 10.7. The summed E-state index contributed by atoms with van der Waals surface area (Å²) >= 11 is 0. The molecule has 0 aliphatic heterocycles. The van der Waals surface area contributed by atoms with E-state index in [1.807, 2.05) is 0 Å². The van der Waals surface area contributed by atoms with Crippen LogP contribution < -0.4 is 0 Å². The molecule has 1 nitrogen and oxygen atoms in total. The minimum atomic E-state index is -0.309. The first-order valence-corrected chi connectivity index (χ1v) is 1.40. The van der Waals surface area contributed by atoms with Crippen molar-refractivity contribution in [3.05, 3.63) is 12.4 Å². The van der Waals surface area contributed by atoms with Gasteiger partial charge in [-0.15, -0.1) is 0 Å². The van der Waals surface area contributed by atoms with Gasteiger partial charge in [0.25, 0.3) is 0 Å². The number of rotatable bonds is 2. The molecule has 0 N–H and O–H groups in total. The summed E-state index contributed by atoms with van der Waals surface area (Å²) in [7, 11) is 0. The predicted octanol–water partition coefficient (Wildman–Crippen LogP) is 2.01. The average Bonchev–Trinajstić information content (AvgIpc) is 1.61. The van der Waals surface area contributed by atoms with Gasteiger partial charge in [0.05, 0.1) is 6.33 Å². The molecule has 0 rings (SSSR count).